The molecule has 2 aromatic carbocycles. The number of hydrogen-bond donors (Lipinski definition) is 2. The van der Waals surface area contributed by atoms with Crippen molar-refractivity contribution in [3.63, 3.8) is 0 Å². The highest BCUT2D eigenvalue weighted by molar-refractivity contribution is 6.31. The molecule has 1 heterocycles. The van der Waals surface area contributed by atoms with Crippen LogP contribution >= 0.6 is 11.6 Å². The van der Waals surface area contributed by atoms with Crippen molar-refractivity contribution in [3.8, 4) is 0 Å². The van der Waals surface area contributed by atoms with Crippen LogP contribution in [0.15, 0.2) is 60.2 Å². The van der Waals surface area contributed by atoms with E-state index in [1.165, 1.54) is 11.1 Å². The molecule has 0 radical (unpaired) electrons. The highest BCUT2D eigenvalue weighted by Crippen LogP contribution is 2.15. The Morgan fingerprint density at radius 2 is 1.78 bits per heavy atom. The van der Waals surface area contributed by atoms with Gasteiger partial charge in [0.15, 0.2) is 0 Å². The normalized spacial score (nSPS) is 20.3. The molecule has 27 heavy (non-hydrogen) atoms. The second-order valence-electron chi connectivity index (χ2n) is 7.41. The van der Waals surface area contributed by atoms with Gasteiger partial charge in [-0.3, -0.25) is 4.79 Å². The van der Waals surface area contributed by atoms with Crippen LogP contribution in [-0.4, -0.2) is 25.5 Å². The van der Waals surface area contributed by atoms with Crippen LogP contribution in [0.25, 0.3) is 6.08 Å². The molecule has 1 saturated heterocycles. The number of carbonyl (C=O) groups excluding carboxylic acids is 1. The second kappa shape index (κ2) is 9.72. The number of hydrogen-bond acceptors (Lipinski definition) is 1. The molecule has 1 aliphatic rings. The molecule has 2 aromatic rings. The van der Waals surface area contributed by atoms with Gasteiger partial charge in [0, 0.05) is 30.3 Å². The summed E-state index contributed by atoms with van der Waals surface area (Å²) < 4.78 is 0. The van der Waals surface area contributed by atoms with Crippen molar-refractivity contribution in [2.45, 2.75) is 26.3 Å². The Morgan fingerprint density at radius 1 is 1.11 bits per heavy atom. The van der Waals surface area contributed by atoms with Crippen molar-refractivity contribution in [1.29, 1.82) is 0 Å². The molecule has 0 saturated carbocycles. The van der Waals surface area contributed by atoms with E-state index in [-0.39, 0.29) is 11.8 Å². The molecule has 4 heteroatoms. The monoisotopic (exact) mass is 383 g/mol. The van der Waals surface area contributed by atoms with Gasteiger partial charge in [0.1, 0.15) is 0 Å². The Labute approximate surface area is 167 Å². The Kier molecular flexibility index (Phi) is 7.08. The maximum atomic E-state index is 12.5. The number of amides is 1. The maximum absolute atomic E-state index is 12.5. The highest BCUT2D eigenvalue weighted by Gasteiger charge is 2.27. The molecule has 0 spiro atoms. The Hall–Kier alpha value is -2.10. The van der Waals surface area contributed by atoms with Gasteiger partial charge in [0.05, 0.1) is 19.6 Å². The molecule has 2 N–H and O–H groups in total. The van der Waals surface area contributed by atoms with Crippen molar-refractivity contribution in [3.05, 3.63) is 76.3 Å². The summed E-state index contributed by atoms with van der Waals surface area (Å²) in [6, 6.07) is 18.1. The van der Waals surface area contributed by atoms with Crippen molar-refractivity contribution < 1.29 is 9.69 Å². The predicted molar refractivity (Wildman–Crippen MR) is 112 cm³/mol. The first kappa shape index (κ1) is 19.7. The minimum Gasteiger partial charge on any atom is -0.352 e. The molecule has 0 unspecified atom stereocenters. The largest absolute Gasteiger partial charge is 0.352 e. The van der Waals surface area contributed by atoms with Crippen molar-refractivity contribution in [1.82, 2.24) is 5.32 Å². The summed E-state index contributed by atoms with van der Waals surface area (Å²) in [5.74, 6) is 0.278. The molecule has 142 valence electrons. The SMILES string of the molecule is C/C(=C\c1ccccc1)C[NH+]1CCC(C(=O)NCc2ccccc2Cl)CC1. The molecule has 1 fully saturated rings. The van der Waals surface area contributed by atoms with Crippen LogP contribution in [0.1, 0.15) is 30.9 Å². The molecule has 3 nitrogen and oxygen atoms in total. The van der Waals surface area contributed by atoms with Gasteiger partial charge in [-0.15, -0.1) is 0 Å². The Balaban J connectivity index is 1.43. The molecular formula is C23H28ClN2O+. The third kappa shape index (κ3) is 5.95. The van der Waals surface area contributed by atoms with E-state index < -0.39 is 0 Å². The summed E-state index contributed by atoms with van der Waals surface area (Å²) in [7, 11) is 0. The second-order valence-corrected chi connectivity index (χ2v) is 7.82. The van der Waals surface area contributed by atoms with Crippen LogP contribution in [0.2, 0.25) is 5.02 Å². The number of halogens is 1. The molecule has 0 aromatic heterocycles. The van der Waals surface area contributed by atoms with Crippen LogP contribution in [0.3, 0.4) is 0 Å². The van der Waals surface area contributed by atoms with Crippen LogP contribution < -0.4 is 10.2 Å². The highest BCUT2D eigenvalue weighted by atomic mass is 35.5. The van der Waals surface area contributed by atoms with Gasteiger partial charge in [-0.2, -0.15) is 0 Å². The van der Waals surface area contributed by atoms with E-state index >= 15 is 0 Å². The van der Waals surface area contributed by atoms with Crippen molar-refractivity contribution in [2.75, 3.05) is 19.6 Å². The van der Waals surface area contributed by atoms with Crippen LogP contribution in [-0.2, 0) is 11.3 Å². The van der Waals surface area contributed by atoms with E-state index in [2.05, 4.69) is 42.6 Å². The Morgan fingerprint density at radius 3 is 2.48 bits per heavy atom. The molecule has 0 bridgehead atoms. The van der Waals surface area contributed by atoms with E-state index in [0.717, 1.165) is 38.0 Å². The molecule has 1 aliphatic heterocycles. The van der Waals surface area contributed by atoms with Crippen LogP contribution in [0.5, 0.6) is 0 Å². The fourth-order valence-corrected chi connectivity index (χ4v) is 3.92. The molecule has 0 aliphatic carbocycles. The van der Waals surface area contributed by atoms with Gasteiger partial charge in [0.2, 0.25) is 5.91 Å². The smallest absolute Gasteiger partial charge is 0.223 e. The quantitative estimate of drug-likeness (QED) is 0.788. The zero-order chi connectivity index (χ0) is 19.1. The zero-order valence-corrected chi connectivity index (χ0v) is 16.6. The zero-order valence-electron chi connectivity index (χ0n) is 15.9. The average Bonchev–Trinajstić information content (AvgIpc) is 2.68. The third-order valence-electron chi connectivity index (χ3n) is 5.22. The van der Waals surface area contributed by atoms with Gasteiger partial charge in [0.25, 0.3) is 0 Å². The summed E-state index contributed by atoms with van der Waals surface area (Å²) in [4.78, 5) is 14.0. The molecular weight excluding hydrogens is 356 g/mol. The molecule has 3 rings (SSSR count). The van der Waals surface area contributed by atoms with E-state index in [4.69, 9.17) is 11.6 Å². The number of benzene rings is 2. The fourth-order valence-electron chi connectivity index (χ4n) is 3.71. The van der Waals surface area contributed by atoms with Gasteiger partial charge in [-0.05, 0) is 29.7 Å². The summed E-state index contributed by atoms with van der Waals surface area (Å²) in [6.45, 7) is 5.84. The summed E-state index contributed by atoms with van der Waals surface area (Å²) in [5.41, 5.74) is 3.61. The van der Waals surface area contributed by atoms with E-state index in [1.54, 1.807) is 4.90 Å². The van der Waals surface area contributed by atoms with Gasteiger partial charge >= 0.3 is 0 Å². The first-order chi connectivity index (χ1) is 13.1. The van der Waals surface area contributed by atoms with Gasteiger partial charge < -0.3 is 10.2 Å². The fraction of sp³-hybridized carbons (Fsp3) is 0.348. The lowest BCUT2D eigenvalue weighted by atomic mass is 9.95. The van der Waals surface area contributed by atoms with Gasteiger partial charge in [-0.1, -0.05) is 66.2 Å². The van der Waals surface area contributed by atoms with Crippen molar-refractivity contribution in [2.24, 2.45) is 5.92 Å². The number of rotatable bonds is 6. The van der Waals surface area contributed by atoms with E-state index in [9.17, 15) is 4.79 Å². The summed E-state index contributed by atoms with van der Waals surface area (Å²) in [6.07, 6.45) is 4.15. The lowest BCUT2D eigenvalue weighted by Crippen LogP contribution is -3.13. The Bertz CT molecular complexity index is 780. The minimum absolute atomic E-state index is 0.120. The maximum Gasteiger partial charge on any atom is 0.223 e. The lowest BCUT2D eigenvalue weighted by Gasteiger charge is -2.29. The third-order valence-corrected chi connectivity index (χ3v) is 5.58. The number of nitrogens with one attached hydrogen (secondary N) is 2. The molecule has 1 amide bonds. The minimum atomic E-state index is 0.120. The average molecular weight is 384 g/mol. The number of likely N-dealkylation sites (tertiary alicyclic amines) is 1. The van der Waals surface area contributed by atoms with E-state index in [0.29, 0.717) is 11.6 Å². The van der Waals surface area contributed by atoms with Crippen LogP contribution in [0, 0.1) is 5.92 Å². The first-order valence-corrected chi connectivity index (χ1v) is 10.1. The number of carbonyl (C=O) groups is 1. The van der Waals surface area contributed by atoms with Gasteiger partial charge in [-0.25, -0.2) is 0 Å². The summed E-state index contributed by atoms with van der Waals surface area (Å²) >= 11 is 6.16. The number of piperidine rings is 1. The van der Waals surface area contributed by atoms with Crippen molar-refractivity contribution >= 4 is 23.6 Å². The predicted octanol–water partition coefficient (Wildman–Crippen LogP) is 3.35. The first-order valence-electron chi connectivity index (χ1n) is 9.68. The van der Waals surface area contributed by atoms with E-state index in [1.807, 2.05) is 30.3 Å². The molecule has 0 atom stereocenters. The standard InChI is InChI=1S/C23H27ClN2O/c1-18(15-19-7-3-2-4-8-19)17-26-13-11-20(12-14-26)23(27)25-16-21-9-5-6-10-22(21)24/h2-10,15,20H,11-14,16-17H2,1H3,(H,25,27)/p+1/b18-15+. The van der Waals surface area contributed by atoms with Crippen LogP contribution in [0.4, 0.5) is 0 Å². The number of quaternary nitrogens is 1. The summed E-state index contributed by atoms with van der Waals surface area (Å²) in [5, 5.41) is 3.76. The lowest BCUT2D eigenvalue weighted by molar-refractivity contribution is -0.900. The topological polar surface area (TPSA) is 33.5 Å².